The second-order valence-electron chi connectivity index (χ2n) is 2.16. The smallest absolute Gasteiger partial charge is 0.340 e. The number of rotatable bonds is 2. The Morgan fingerprint density at radius 2 is 1.93 bits per heavy atom. The van der Waals surface area contributed by atoms with Crippen LogP contribution in [0.1, 0.15) is 34.6 Å². The molecule has 0 saturated carbocycles. The maximum absolute atomic E-state index is 10.5. The molecule has 0 aliphatic carbocycles. The van der Waals surface area contributed by atoms with Crippen molar-refractivity contribution >= 4 is 12.3 Å². The van der Waals surface area contributed by atoms with Crippen LogP contribution in [0, 0.1) is 0 Å². The number of carboxylic acids is 1. The lowest BCUT2D eigenvalue weighted by Gasteiger charge is -2.00. The summed E-state index contributed by atoms with van der Waals surface area (Å²) in [7, 11) is 0. The first-order valence-corrected chi connectivity index (χ1v) is 4.17. The second-order valence-corrected chi connectivity index (χ2v) is 2.16. The predicted octanol–water partition coefficient (Wildman–Crippen LogP) is 1.93. The number of carbonyl (C=O) groups excluding carboxylic acids is 1. The van der Waals surface area contributed by atoms with Crippen LogP contribution in [0.25, 0.3) is 0 Å². The number of benzene rings is 1. The number of hydrogen-bond acceptors (Lipinski definition) is 3. The molecule has 2 N–H and O–H groups in total. The summed E-state index contributed by atoms with van der Waals surface area (Å²) in [5.74, 6) is -1.71. The lowest BCUT2D eigenvalue weighted by Crippen LogP contribution is -2.01. The first kappa shape index (κ1) is 12.2. The molecule has 0 aliphatic rings. The van der Waals surface area contributed by atoms with E-state index in [-0.39, 0.29) is 11.1 Å². The number of phenols is 1. The molecular weight excluding hydrogens is 184 g/mol. The summed E-state index contributed by atoms with van der Waals surface area (Å²) in [6.07, 6.45) is 0.392. The molecule has 0 unspecified atom stereocenters. The van der Waals surface area contributed by atoms with Gasteiger partial charge in [0.05, 0.1) is 0 Å². The zero-order valence-electron chi connectivity index (χ0n) is 8.02. The van der Waals surface area contributed by atoms with Gasteiger partial charge in [-0.1, -0.05) is 26.0 Å². The Bertz CT molecular complexity index is 331. The van der Waals surface area contributed by atoms with Crippen LogP contribution >= 0.6 is 0 Å². The number of aldehydes is 1. The molecule has 1 rings (SSSR count). The summed E-state index contributed by atoms with van der Waals surface area (Å²) in [4.78, 5) is 20.8. The van der Waals surface area contributed by atoms with E-state index in [1.54, 1.807) is 0 Å². The van der Waals surface area contributed by atoms with Crippen molar-refractivity contribution in [3.05, 3.63) is 29.3 Å². The zero-order valence-corrected chi connectivity index (χ0v) is 8.02. The standard InChI is InChI=1S/C8H6O4.C2H6/c9-4-5-2-1-3-6(10)7(5)8(11)12;1-2/h1-4,10H,(H,11,12);1-2H3. The minimum Gasteiger partial charge on any atom is -0.507 e. The third kappa shape index (κ3) is 2.58. The molecule has 0 bridgehead atoms. The van der Waals surface area contributed by atoms with Crippen molar-refractivity contribution in [2.45, 2.75) is 13.8 Å². The van der Waals surface area contributed by atoms with Crippen molar-refractivity contribution < 1.29 is 19.8 Å². The second kappa shape index (κ2) is 5.75. The molecular formula is C10H12O4. The minimum absolute atomic E-state index is 0.0255. The van der Waals surface area contributed by atoms with Crippen LogP contribution in [0.15, 0.2) is 18.2 Å². The Balaban J connectivity index is 0.000000791. The van der Waals surface area contributed by atoms with Crippen LogP contribution in [0.3, 0.4) is 0 Å². The molecule has 4 nitrogen and oxygen atoms in total. The van der Waals surface area contributed by atoms with E-state index in [0.717, 1.165) is 0 Å². The third-order valence-electron chi connectivity index (χ3n) is 1.42. The summed E-state index contributed by atoms with van der Waals surface area (Å²) in [5, 5.41) is 17.6. The lowest BCUT2D eigenvalue weighted by atomic mass is 10.1. The zero-order chi connectivity index (χ0) is 11.1. The van der Waals surface area contributed by atoms with Gasteiger partial charge in [0.2, 0.25) is 0 Å². The molecule has 0 radical (unpaired) electrons. The van der Waals surface area contributed by atoms with E-state index in [4.69, 9.17) is 10.2 Å². The van der Waals surface area contributed by atoms with E-state index < -0.39 is 11.7 Å². The first-order chi connectivity index (χ1) is 6.66. The fourth-order valence-corrected chi connectivity index (χ4v) is 0.889. The number of carboxylic acid groups (broad SMARTS) is 1. The predicted molar refractivity (Wildman–Crippen MR) is 51.8 cm³/mol. The highest BCUT2D eigenvalue weighted by Gasteiger charge is 2.13. The molecule has 4 heteroatoms. The maximum atomic E-state index is 10.5. The summed E-state index contributed by atoms with van der Waals surface area (Å²) in [5.41, 5.74) is -0.380. The summed E-state index contributed by atoms with van der Waals surface area (Å²) in [6, 6.07) is 3.96. The van der Waals surface area contributed by atoms with E-state index in [0.29, 0.717) is 6.29 Å². The van der Waals surface area contributed by atoms with Gasteiger partial charge < -0.3 is 10.2 Å². The molecule has 1 aromatic carbocycles. The average molecular weight is 196 g/mol. The van der Waals surface area contributed by atoms with Gasteiger partial charge in [-0.05, 0) is 6.07 Å². The fourth-order valence-electron chi connectivity index (χ4n) is 0.889. The van der Waals surface area contributed by atoms with Crippen LogP contribution in [0.2, 0.25) is 0 Å². The molecule has 0 heterocycles. The molecule has 0 saturated heterocycles. The van der Waals surface area contributed by atoms with Gasteiger partial charge in [0.25, 0.3) is 0 Å². The van der Waals surface area contributed by atoms with Crippen LogP contribution in [0.5, 0.6) is 5.75 Å². The average Bonchev–Trinajstić information content (AvgIpc) is 2.19. The van der Waals surface area contributed by atoms with Gasteiger partial charge in [-0.3, -0.25) is 4.79 Å². The summed E-state index contributed by atoms with van der Waals surface area (Å²) < 4.78 is 0. The Morgan fingerprint density at radius 3 is 2.29 bits per heavy atom. The van der Waals surface area contributed by atoms with E-state index in [2.05, 4.69) is 0 Å². The SMILES string of the molecule is CC.O=Cc1cccc(O)c1C(=O)O. The van der Waals surface area contributed by atoms with Gasteiger partial charge in [-0.25, -0.2) is 4.79 Å². The largest absolute Gasteiger partial charge is 0.507 e. The maximum Gasteiger partial charge on any atom is 0.340 e. The monoisotopic (exact) mass is 196 g/mol. The third-order valence-corrected chi connectivity index (χ3v) is 1.42. The molecule has 0 aliphatic heterocycles. The topological polar surface area (TPSA) is 74.6 Å². The van der Waals surface area contributed by atoms with Gasteiger partial charge in [-0.15, -0.1) is 0 Å². The normalized spacial score (nSPS) is 8.43. The molecule has 0 amide bonds. The molecule has 76 valence electrons. The van der Waals surface area contributed by atoms with Crippen molar-refractivity contribution in [2.24, 2.45) is 0 Å². The molecule has 0 aromatic heterocycles. The van der Waals surface area contributed by atoms with Gasteiger partial charge >= 0.3 is 5.97 Å². The highest BCUT2D eigenvalue weighted by atomic mass is 16.4. The molecule has 0 spiro atoms. The highest BCUT2D eigenvalue weighted by Crippen LogP contribution is 2.19. The summed E-state index contributed by atoms with van der Waals surface area (Å²) >= 11 is 0. The van der Waals surface area contributed by atoms with Gasteiger partial charge in [0, 0.05) is 5.56 Å². The van der Waals surface area contributed by atoms with Crippen molar-refractivity contribution in [3.8, 4) is 5.75 Å². The van der Waals surface area contributed by atoms with Crippen molar-refractivity contribution in [1.82, 2.24) is 0 Å². The minimum atomic E-state index is -1.31. The summed E-state index contributed by atoms with van der Waals surface area (Å²) in [6.45, 7) is 4.00. The Labute approximate surface area is 81.8 Å². The van der Waals surface area contributed by atoms with Gasteiger partial charge in [-0.2, -0.15) is 0 Å². The fraction of sp³-hybridized carbons (Fsp3) is 0.200. The lowest BCUT2D eigenvalue weighted by molar-refractivity contribution is 0.0690. The molecule has 1 aromatic rings. The van der Waals surface area contributed by atoms with Crippen LogP contribution in [-0.4, -0.2) is 22.5 Å². The van der Waals surface area contributed by atoms with Gasteiger partial charge in [0.1, 0.15) is 11.3 Å². The number of hydrogen-bond donors (Lipinski definition) is 2. The van der Waals surface area contributed by atoms with Gasteiger partial charge in [0.15, 0.2) is 6.29 Å². The van der Waals surface area contributed by atoms with E-state index in [1.807, 2.05) is 13.8 Å². The molecule has 14 heavy (non-hydrogen) atoms. The van der Waals surface area contributed by atoms with Crippen molar-refractivity contribution in [2.75, 3.05) is 0 Å². The Kier molecular flexibility index (Phi) is 4.99. The van der Waals surface area contributed by atoms with Crippen LogP contribution in [0.4, 0.5) is 0 Å². The Hall–Kier alpha value is -1.84. The molecule has 0 atom stereocenters. The quantitative estimate of drug-likeness (QED) is 0.708. The van der Waals surface area contributed by atoms with Crippen LogP contribution < -0.4 is 0 Å². The number of carbonyl (C=O) groups is 2. The van der Waals surface area contributed by atoms with Crippen molar-refractivity contribution in [3.63, 3.8) is 0 Å². The van der Waals surface area contributed by atoms with Crippen LogP contribution in [-0.2, 0) is 0 Å². The van der Waals surface area contributed by atoms with Crippen molar-refractivity contribution in [1.29, 1.82) is 0 Å². The Morgan fingerprint density at radius 1 is 1.36 bits per heavy atom. The van der Waals surface area contributed by atoms with E-state index in [9.17, 15) is 9.59 Å². The first-order valence-electron chi connectivity index (χ1n) is 4.17. The molecule has 0 fully saturated rings. The number of aromatic carboxylic acids is 1. The van der Waals surface area contributed by atoms with E-state index in [1.165, 1.54) is 18.2 Å². The highest BCUT2D eigenvalue weighted by molar-refractivity contribution is 5.99. The van der Waals surface area contributed by atoms with E-state index >= 15 is 0 Å². The number of aromatic hydroxyl groups is 1.